The number of nitrogens with zero attached hydrogens (tertiary/aromatic N) is 1. The van der Waals surface area contributed by atoms with Crippen molar-refractivity contribution in [3.63, 3.8) is 0 Å². The SMILES string of the molecule is COc1ccc(Oc2ncccc2C(=N)N)cc1. The maximum atomic E-state index is 7.44. The Morgan fingerprint density at radius 3 is 2.44 bits per heavy atom. The molecule has 3 N–H and O–H groups in total. The van der Waals surface area contributed by atoms with Gasteiger partial charge in [-0.1, -0.05) is 0 Å². The van der Waals surface area contributed by atoms with E-state index in [1.807, 2.05) is 0 Å². The number of rotatable bonds is 4. The van der Waals surface area contributed by atoms with E-state index in [-0.39, 0.29) is 5.84 Å². The van der Waals surface area contributed by atoms with E-state index in [4.69, 9.17) is 20.6 Å². The van der Waals surface area contributed by atoms with Crippen molar-refractivity contribution in [3.8, 4) is 17.4 Å². The minimum Gasteiger partial charge on any atom is -0.497 e. The molecule has 0 aliphatic rings. The molecule has 0 fully saturated rings. The molecule has 0 bridgehead atoms. The summed E-state index contributed by atoms with van der Waals surface area (Å²) in [6.45, 7) is 0. The summed E-state index contributed by atoms with van der Waals surface area (Å²) in [4.78, 5) is 4.06. The average molecular weight is 243 g/mol. The molecule has 0 aliphatic heterocycles. The fourth-order valence-corrected chi connectivity index (χ4v) is 1.43. The number of pyridine rings is 1. The van der Waals surface area contributed by atoms with Crippen LogP contribution in [0.5, 0.6) is 17.4 Å². The zero-order chi connectivity index (χ0) is 13.0. The number of nitrogens with one attached hydrogen (secondary N) is 1. The summed E-state index contributed by atoms with van der Waals surface area (Å²) in [6, 6.07) is 10.5. The molecular formula is C13H13N3O2. The van der Waals surface area contributed by atoms with Gasteiger partial charge in [0.15, 0.2) is 0 Å². The smallest absolute Gasteiger partial charge is 0.230 e. The first-order chi connectivity index (χ1) is 8.70. The molecule has 0 saturated carbocycles. The van der Waals surface area contributed by atoms with Crippen molar-refractivity contribution in [1.82, 2.24) is 4.98 Å². The molecule has 18 heavy (non-hydrogen) atoms. The van der Waals surface area contributed by atoms with Gasteiger partial charge in [0.25, 0.3) is 0 Å². The van der Waals surface area contributed by atoms with Crippen molar-refractivity contribution in [2.75, 3.05) is 7.11 Å². The van der Waals surface area contributed by atoms with Crippen LogP contribution in [0.4, 0.5) is 0 Å². The third-order valence-corrected chi connectivity index (χ3v) is 2.34. The molecule has 0 spiro atoms. The number of hydrogen-bond acceptors (Lipinski definition) is 4. The van der Waals surface area contributed by atoms with Crippen LogP contribution in [0.25, 0.3) is 0 Å². The first-order valence-corrected chi connectivity index (χ1v) is 5.32. The zero-order valence-electron chi connectivity index (χ0n) is 9.88. The van der Waals surface area contributed by atoms with Crippen LogP contribution in [0.2, 0.25) is 0 Å². The summed E-state index contributed by atoms with van der Waals surface area (Å²) in [7, 11) is 1.60. The fraction of sp³-hybridized carbons (Fsp3) is 0.0769. The number of ether oxygens (including phenoxy) is 2. The van der Waals surface area contributed by atoms with Gasteiger partial charge in [0.1, 0.15) is 17.3 Å². The number of amidine groups is 1. The van der Waals surface area contributed by atoms with Crippen LogP contribution >= 0.6 is 0 Å². The summed E-state index contributed by atoms with van der Waals surface area (Å²) < 4.78 is 10.6. The average Bonchev–Trinajstić information content (AvgIpc) is 2.40. The van der Waals surface area contributed by atoms with Crippen LogP contribution in [0.1, 0.15) is 5.56 Å². The van der Waals surface area contributed by atoms with Crippen LogP contribution in [0, 0.1) is 5.41 Å². The second-order valence-corrected chi connectivity index (χ2v) is 3.55. The molecule has 5 heteroatoms. The van der Waals surface area contributed by atoms with Gasteiger partial charge in [0, 0.05) is 6.20 Å². The van der Waals surface area contributed by atoms with Crippen LogP contribution < -0.4 is 15.2 Å². The van der Waals surface area contributed by atoms with Crippen molar-refractivity contribution >= 4 is 5.84 Å². The highest BCUT2D eigenvalue weighted by molar-refractivity contribution is 5.97. The number of aromatic nitrogens is 1. The van der Waals surface area contributed by atoms with Gasteiger partial charge in [-0.25, -0.2) is 4.98 Å². The predicted molar refractivity (Wildman–Crippen MR) is 68.3 cm³/mol. The number of nitrogens with two attached hydrogens (primary N) is 1. The zero-order valence-corrected chi connectivity index (χ0v) is 9.88. The Labute approximate surface area is 105 Å². The van der Waals surface area contributed by atoms with E-state index in [1.165, 1.54) is 0 Å². The van der Waals surface area contributed by atoms with Crippen molar-refractivity contribution in [2.24, 2.45) is 5.73 Å². The molecule has 0 atom stereocenters. The van der Waals surface area contributed by atoms with Crippen LogP contribution in [0.15, 0.2) is 42.6 Å². The predicted octanol–water partition coefficient (Wildman–Crippen LogP) is 2.17. The van der Waals surface area contributed by atoms with Crippen LogP contribution in [0.3, 0.4) is 0 Å². The van der Waals surface area contributed by atoms with Gasteiger partial charge >= 0.3 is 0 Å². The van der Waals surface area contributed by atoms with E-state index in [0.717, 1.165) is 5.75 Å². The summed E-state index contributed by atoms with van der Waals surface area (Å²) in [6.07, 6.45) is 1.59. The van der Waals surface area contributed by atoms with E-state index >= 15 is 0 Å². The first-order valence-electron chi connectivity index (χ1n) is 5.32. The molecule has 0 aliphatic carbocycles. The topological polar surface area (TPSA) is 81.2 Å². The maximum absolute atomic E-state index is 7.44. The third-order valence-electron chi connectivity index (χ3n) is 2.34. The van der Waals surface area contributed by atoms with Crippen molar-refractivity contribution in [3.05, 3.63) is 48.2 Å². The van der Waals surface area contributed by atoms with Crippen LogP contribution in [-0.2, 0) is 0 Å². The van der Waals surface area contributed by atoms with E-state index in [2.05, 4.69) is 4.98 Å². The molecule has 1 aromatic heterocycles. The molecule has 0 amide bonds. The number of methoxy groups -OCH3 is 1. The number of nitrogen functional groups attached to an aromatic ring is 1. The normalized spacial score (nSPS) is 9.83. The Morgan fingerprint density at radius 2 is 1.83 bits per heavy atom. The summed E-state index contributed by atoms with van der Waals surface area (Å²) in [5, 5.41) is 7.44. The Morgan fingerprint density at radius 1 is 1.17 bits per heavy atom. The molecule has 5 nitrogen and oxygen atoms in total. The Hall–Kier alpha value is -2.56. The minimum absolute atomic E-state index is 0.0772. The molecule has 1 heterocycles. The lowest BCUT2D eigenvalue weighted by Crippen LogP contribution is -2.12. The van der Waals surface area contributed by atoms with E-state index in [1.54, 1.807) is 49.7 Å². The fourth-order valence-electron chi connectivity index (χ4n) is 1.43. The Bertz CT molecular complexity index is 552. The van der Waals surface area contributed by atoms with Gasteiger partial charge in [-0.15, -0.1) is 0 Å². The second-order valence-electron chi connectivity index (χ2n) is 3.55. The van der Waals surface area contributed by atoms with Crippen molar-refractivity contribution in [1.29, 1.82) is 5.41 Å². The molecule has 2 aromatic rings. The molecule has 1 aromatic carbocycles. The van der Waals surface area contributed by atoms with Gasteiger partial charge < -0.3 is 15.2 Å². The first kappa shape index (κ1) is 11.9. The maximum Gasteiger partial charge on any atom is 0.230 e. The largest absolute Gasteiger partial charge is 0.497 e. The molecule has 0 unspecified atom stereocenters. The molecule has 0 radical (unpaired) electrons. The molecule has 0 saturated heterocycles. The van der Waals surface area contributed by atoms with Gasteiger partial charge in [0.05, 0.1) is 12.7 Å². The lowest BCUT2D eigenvalue weighted by atomic mass is 10.2. The standard InChI is InChI=1S/C13H13N3O2/c1-17-9-4-6-10(7-5-9)18-13-11(12(14)15)3-2-8-16-13/h2-8H,1H3,(H3,14,15). The van der Waals surface area contributed by atoms with Gasteiger partial charge in [-0.05, 0) is 36.4 Å². The second kappa shape index (κ2) is 5.18. The lowest BCUT2D eigenvalue weighted by molar-refractivity contribution is 0.412. The highest BCUT2D eigenvalue weighted by Gasteiger charge is 2.08. The Balaban J connectivity index is 2.25. The Kier molecular flexibility index (Phi) is 3.43. The third kappa shape index (κ3) is 2.57. The molecule has 2 rings (SSSR count). The van der Waals surface area contributed by atoms with Gasteiger partial charge in [0.2, 0.25) is 5.88 Å². The van der Waals surface area contributed by atoms with Gasteiger partial charge in [-0.2, -0.15) is 0 Å². The van der Waals surface area contributed by atoms with Crippen LogP contribution in [-0.4, -0.2) is 17.9 Å². The minimum atomic E-state index is -0.0772. The van der Waals surface area contributed by atoms with E-state index < -0.39 is 0 Å². The van der Waals surface area contributed by atoms with Crippen molar-refractivity contribution in [2.45, 2.75) is 0 Å². The van der Waals surface area contributed by atoms with Gasteiger partial charge in [-0.3, -0.25) is 5.41 Å². The summed E-state index contributed by atoms with van der Waals surface area (Å²) in [5.74, 6) is 1.59. The molecule has 92 valence electrons. The van der Waals surface area contributed by atoms with E-state index in [0.29, 0.717) is 17.2 Å². The summed E-state index contributed by atoms with van der Waals surface area (Å²) in [5.41, 5.74) is 5.92. The van der Waals surface area contributed by atoms with E-state index in [9.17, 15) is 0 Å². The number of hydrogen-bond donors (Lipinski definition) is 2. The van der Waals surface area contributed by atoms with Crippen molar-refractivity contribution < 1.29 is 9.47 Å². The quantitative estimate of drug-likeness (QED) is 0.637. The molecular weight excluding hydrogens is 230 g/mol. The monoisotopic (exact) mass is 243 g/mol. The summed E-state index contributed by atoms with van der Waals surface area (Å²) >= 11 is 0. The number of benzene rings is 1. The highest BCUT2D eigenvalue weighted by atomic mass is 16.5. The highest BCUT2D eigenvalue weighted by Crippen LogP contribution is 2.24. The lowest BCUT2D eigenvalue weighted by Gasteiger charge is -2.09.